The van der Waals surface area contributed by atoms with E-state index in [1.165, 1.54) is 0 Å². The summed E-state index contributed by atoms with van der Waals surface area (Å²) < 4.78 is 0. The molecule has 6 nitrogen and oxygen atoms in total. The Balaban J connectivity index is 2.17. The zero-order chi connectivity index (χ0) is 12.3. The number of aryl methyl sites for hydroxylation is 2. The Kier molecular flexibility index (Phi) is 3.04. The van der Waals surface area contributed by atoms with Crippen molar-refractivity contribution in [1.82, 2.24) is 19.9 Å². The van der Waals surface area contributed by atoms with Crippen LogP contribution in [0.3, 0.4) is 0 Å². The largest absolute Gasteiger partial charge is 0.304 e. The van der Waals surface area contributed by atoms with E-state index in [4.69, 9.17) is 0 Å². The minimum atomic E-state index is -0.383. The summed E-state index contributed by atoms with van der Waals surface area (Å²) in [4.78, 5) is 27.7. The summed E-state index contributed by atoms with van der Waals surface area (Å²) in [5.41, 5.74) is 0.740. The molecule has 0 saturated carbocycles. The van der Waals surface area contributed by atoms with Crippen molar-refractivity contribution in [1.29, 1.82) is 0 Å². The van der Waals surface area contributed by atoms with E-state index in [9.17, 15) is 4.79 Å². The molecule has 6 heteroatoms. The fourth-order valence-electron chi connectivity index (χ4n) is 1.26. The summed E-state index contributed by atoms with van der Waals surface area (Å²) in [6.07, 6.45) is 3.12. The van der Waals surface area contributed by atoms with E-state index in [0.29, 0.717) is 11.6 Å². The van der Waals surface area contributed by atoms with E-state index >= 15 is 0 Å². The van der Waals surface area contributed by atoms with Crippen LogP contribution >= 0.6 is 0 Å². The number of hydrogen-bond acceptors (Lipinski definition) is 5. The summed E-state index contributed by atoms with van der Waals surface area (Å²) in [5, 5.41) is 2.61. The second-order valence-corrected chi connectivity index (χ2v) is 3.46. The molecule has 0 bridgehead atoms. The topological polar surface area (TPSA) is 80.7 Å². The average Bonchev–Trinajstić information content (AvgIpc) is 2.29. The van der Waals surface area contributed by atoms with E-state index in [1.807, 2.05) is 0 Å². The summed E-state index contributed by atoms with van der Waals surface area (Å²) in [6.45, 7) is 3.55. The van der Waals surface area contributed by atoms with E-state index < -0.39 is 0 Å². The smallest absolute Gasteiger partial charge is 0.294 e. The number of rotatable bonds is 2. The number of amides is 1. The van der Waals surface area contributed by atoms with Crippen LogP contribution in [0.4, 0.5) is 5.82 Å². The molecule has 17 heavy (non-hydrogen) atoms. The third kappa shape index (κ3) is 2.81. The van der Waals surface area contributed by atoms with Crippen molar-refractivity contribution in [3.8, 4) is 0 Å². The minimum absolute atomic E-state index is 0.126. The van der Waals surface area contributed by atoms with Gasteiger partial charge in [-0.25, -0.2) is 19.9 Å². The highest BCUT2D eigenvalue weighted by Gasteiger charge is 2.09. The minimum Gasteiger partial charge on any atom is -0.304 e. The van der Waals surface area contributed by atoms with Crippen molar-refractivity contribution < 1.29 is 4.79 Å². The van der Waals surface area contributed by atoms with Crippen LogP contribution in [0.15, 0.2) is 24.5 Å². The van der Waals surface area contributed by atoms with E-state index in [2.05, 4.69) is 25.3 Å². The lowest BCUT2D eigenvalue weighted by molar-refractivity contribution is 0.101. The number of carbonyl (C=O) groups is 1. The Hall–Kier alpha value is -2.37. The van der Waals surface area contributed by atoms with E-state index in [1.54, 1.807) is 38.4 Å². The normalized spacial score (nSPS) is 10.0. The van der Waals surface area contributed by atoms with Gasteiger partial charge in [-0.1, -0.05) is 0 Å². The van der Waals surface area contributed by atoms with Crippen molar-refractivity contribution in [3.63, 3.8) is 0 Å². The Morgan fingerprint density at radius 1 is 1.12 bits per heavy atom. The third-order valence-electron chi connectivity index (χ3n) is 2.02. The van der Waals surface area contributed by atoms with Crippen LogP contribution in [0, 0.1) is 13.8 Å². The van der Waals surface area contributed by atoms with Gasteiger partial charge < -0.3 is 5.32 Å². The molecule has 0 unspecified atom stereocenters. The second kappa shape index (κ2) is 4.65. The number of carbonyl (C=O) groups excluding carboxylic acids is 1. The first kappa shape index (κ1) is 11.1. The van der Waals surface area contributed by atoms with Crippen LogP contribution in [0.25, 0.3) is 0 Å². The van der Waals surface area contributed by atoms with E-state index in [-0.39, 0.29) is 11.7 Å². The van der Waals surface area contributed by atoms with Crippen LogP contribution in [0.5, 0.6) is 0 Å². The summed E-state index contributed by atoms with van der Waals surface area (Å²) in [7, 11) is 0. The van der Waals surface area contributed by atoms with Crippen LogP contribution in [0.2, 0.25) is 0 Å². The first-order chi connectivity index (χ1) is 8.15. The number of anilines is 1. The molecule has 0 saturated heterocycles. The first-order valence-electron chi connectivity index (χ1n) is 5.06. The highest BCUT2D eigenvalue weighted by molar-refractivity contribution is 6.00. The zero-order valence-corrected chi connectivity index (χ0v) is 9.51. The Morgan fingerprint density at radius 3 is 2.59 bits per heavy atom. The molecule has 2 rings (SSSR count). The van der Waals surface area contributed by atoms with Gasteiger partial charge in [-0.3, -0.25) is 4.79 Å². The van der Waals surface area contributed by atoms with Crippen molar-refractivity contribution in [2.24, 2.45) is 0 Å². The highest BCUT2D eigenvalue weighted by atomic mass is 16.2. The predicted molar refractivity (Wildman–Crippen MR) is 61.5 cm³/mol. The van der Waals surface area contributed by atoms with Crippen LogP contribution in [-0.2, 0) is 0 Å². The van der Waals surface area contributed by atoms with Gasteiger partial charge in [-0.2, -0.15) is 0 Å². The highest BCUT2D eigenvalue weighted by Crippen LogP contribution is 2.03. The summed E-state index contributed by atoms with van der Waals surface area (Å²) in [5.74, 6) is 0.772. The monoisotopic (exact) mass is 229 g/mol. The number of aromatic nitrogens is 4. The van der Waals surface area contributed by atoms with Gasteiger partial charge in [0, 0.05) is 18.1 Å². The van der Waals surface area contributed by atoms with Gasteiger partial charge in [-0.15, -0.1) is 0 Å². The number of hydrogen-bond donors (Lipinski definition) is 1. The molecule has 86 valence electrons. The lowest BCUT2D eigenvalue weighted by atomic mass is 10.4. The molecule has 2 heterocycles. The van der Waals surface area contributed by atoms with Crippen LogP contribution in [0.1, 0.15) is 22.1 Å². The number of nitrogens with zero attached hydrogens (tertiary/aromatic N) is 4. The van der Waals surface area contributed by atoms with Gasteiger partial charge in [0.15, 0.2) is 0 Å². The molecule has 1 N–H and O–H groups in total. The molecule has 1 amide bonds. The predicted octanol–water partition coefficient (Wildman–Crippen LogP) is 1.14. The molecule has 0 aliphatic rings. The maximum Gasteiger partial charge on any atom is 0.294 e. The molecular formula is C11H11N5O. The Labute approximate surface area is 98.2 Å². The molecule has 0 aliphatic carbocycles. The van der Waals surface area contributed by atoms with E-state index in [0.717, 1.165) is 5.69 Å². The molecule has 0 radical (unpaired) electrons. The Morgan fingerprint density at radius 2 is 1.88 bits per heavy atom. The SMILES string of the molecule is Cc1ccnc(C(=O)Nc2ccnc(C)n2)n1. The average molecular weight is 229 g/mol. The lowest BCUT2D eigenvalue weighted by Crippen LogP contribution is -2.17. The maximum atomic E-state index is 11.8. The third-order valence-corrected chi connectivity index (χ3v) is 2.02. The quantitative estimate of drug-likeness (QED) is 0.835. The Bertz CT molecular complexity index is 555. The van der Waals surface area contributed by atoms with Gasteiger partial charge in [0.1, 0.15) is 11.6 Å². The molecule has 0 fully saturated rings. The zero-order valence-electron chi connectivity index (χ0n) is 9.51. The van der Waals surface area contributed by atoms with Crippen molar-refractivity contribution >= 4 is 11.7 Å². The molecule has 0 spiro atoms. The summed E-state index contributed by atoms with van der Waals surface area (Å²) >= 11 is 0. The second-order valence-electron chi connectivity index (χ2n) is 3.46. The number of nitrogens with one attached hydrogen (secondary N) is 1. The lowest BCUT2D eigenvalue weighted by Gasteiger charge is -2.03. The maximum absolute atomic E-state index is 11.8. The molecular weight excluding hydrogens is 218 g/mol. The van der Waals surface area contributed by atoms with Crippen molar-refractivity contribution in [2.45, 2.75) is 13.8 Å². The summed E-state index contributed by atoms with van der Waals surface area (Å²) in [6, 6.07) is 3.34. The molecule has 0 aliphatic heterocycles. The molecule has 0 atom stereocenters. The first-order valence-corrected chi connectivity index (χ1v) is 5.06. The standard InChI is InChI=1S/C11H11N5O/c1-7-3-5-13-10(14-7)11(17)16-9-4-6-12-8(2)15-9/h3-6H,1-2H3,(H,12,15,16,17). The van der Waals surface area contributed by atoms with Gasteiger partial charge in [0.2, 0.25) is 5.82 Å². The van der Waals surface area contributed by atoms with Gasteiger partial charge in [0.05, 0.1) is 0 Å². The fraction of sp³-hybridized carbons (Fsp3) is 0.182. The van der Waals surface area contributed by atoms with Crippen molar-refractivity contribution in [3.05, 3.63) is 41.9 Å². The van der Waals surface area contributed by atoms with Crippen LogP contribution in [-0.4, -0.2) is 25.8 Å². The van der Waals surface area contributed by atoms with Crippen molar-refractivity contribution in [2.75, 3.05) is 5.32 Å². The molecule has 0 aromatic carbocycles. The van der Waals surface area contributed by atoms with Gasteiger partial charge in [-0.05, 0) is 26.0 Å². The van der Waals surface area contributed by atoms with Gasteiger partial charge in [0.25, 0.3) is 5.91 Å². The van der Waals surface area contributed by atoms with Crippen LogP contribution < -0.4 is 5.32 Å². The fourth-order valence-corrected chi connectivity index (χ4v) is 1.26. The molecule has 2 aromatic heterocycles. The van der Waals surface area contributed by atoms with Gasteiger partial charge >= 0.3 is 0 Å². The molecule has 2 aromatic rings.